The van der Waals surface area contributed by atoms with Crippen molar-refractivity contribution in [3.05, 3.63) is 48.6 Å². The first-order chi connectivity index (χ1) is 7.43. The molecular formula is C13H22O2S. The molecule has 0 heterocycles. The summed E-state index contributed by atoms with van der Waals surface area (Å²) in [6, 6.07) is 10.3. The Hall–Kier alpha value is -1.09. The molecule has 0 aliphatic carbocycles. The summed E-state index contributed by atoms with van der Waals surface area (Å²) in [6.07, 6.45) is 5.20. The molecule has 0 amide bonds. The minimum Gasteiger partial charge on any atom is -0.229 e. The van der Waals surface area contributed by atoms with Crippen LogP contribution in [0.4, 0.5) is 0 Å². The Balaban J connectivity index is 0. The van der Waals surface area contributed by atoms with E-state index in [4.69, 9.17) is 0 Å². The number of sulfone groups is 1. The Bertz CT molecular complexity index is 345. The molecule has 0 N–H and O–H groups in total. The van der Waals surface area contributed by atoms with Gasteiger partial charge in [0, 0.05) is 12.5 Å². The van der Waals surface area contributed by atoms with E-state index in [0.29, 0.717) is 0 Å². The third-order valence-electron chi connectivity index (χ3n) is 1.22. The van der Waals surface area contributed by atoms with E-state index in [9.17, 15) is 8.42 Å². The lowest BCUT2D eigenvalue weighted by Crippen LogP contribution is -1.86. The molecule has 0 radical (unpaired) electrons. The van der Waals surface area contributed by atoms with E-state index in [2.05, 4.69) is 18.7 Å². The smallest absolute Gasteiger partial charge is 0.144 e. The fourth-order valence-electron chi connectivity index (χ4n) is 0.781. The maximum atomic E-state index is 9.63. The summed E-state index contributed by atoms with van der Waals surface area (Å²) < 4.78 is 19.3. The molecule has 0 aliphatic rings. The van der Waals surface area contributed by atoms with Gasteiger partial charge in [-0.05, 0) is 12.0 Å². The molecule has 0 saturated heterocycles. The molecule has 0 aromatic heterocycles. The van der Waals surface area contributed by atoms with Crippen molar-refractivity contribution in [2.45, 2.75) is 20.3 Å². The van der Waals surface area contributed by atoms with Crippen LogP contribution < -0.4 is 0 Å². The molecular weight excluding hydrogens is 220 g/mol. The van der Waals surface area contributed by atoms with Crippen molar-refractivity contribution >= 4 is 9.84 Å². The fraction of sp³-hybridized carbons (Fsp3) is 0.385. The van der Waals surface area contributed by atoms with Crippen LogP contribution in [-0.2, 0) is 16.3 Å². The topological polar surface area (TPSA) is 34.1 Å². The van der Waals surface area contributed by atoms with E-state index < -0.39 is 9.84 Å². The molecule has 0 unspecified atom stereocenters. The van der Waals surface area contributed by atoms with Gasteiger partial charge in [-0.3, -0.25) is 0 Å². The summed E-state index contributed by atoms with van der Waals surface area (Å²) in [4.78, 5) is 0. The van der Waals surface area contributed by atoms with Crippen LogP contribution >= 0.6 is 0 Å². The highest BCUT2D eigenvalue weighted by Crippen LogP contribution is 1.98. The molecule has 0 spiro atoms. The highest BCUT2D eigenvalue weighted by molar-refractivity contribution is 7.89. The second-order valence-corrected chi connectivity index (χ2v) is 5.41. The highest BCUT2D eigenvalue weighted by Gasteiger charge is 1.82. The first-order valence-corrected chi connectivity index (χ1v) is 7.53. The lowest BCUT2D eigenvalue weighted by molar-refractivity contribution is 0.607. The first-order valence-electron chi connectivity index (χ1n) is 5.23. The minimum absolute atomic E-state index is 0.973. The van der Waals surface area contributed by atoms with Crippen LogP contribution in [0.5, 0.6) is 0 Å². The number of benzene rings is 1. The van der Waals surface area contributed by atoms with Gasteiger partial charge >= 0.3 is 0 Å². The zero-order valence-corrected chi connectivity index (χ0v) is 11.4. The second kappa shape index (κ2) is 10.4. The lowest BCUT2D eigenvalue weighted by atomic mass is 10.2. The van der Waals surface area contributed by atoms with Gasteiger partial charge in [0.05, 0.1) is 0 Å². The second-order valence-electron chi connectivity index (χ2n) is 3.12. The number of allylic oxidation sites excluding steroid dienone is 1. The highest BCUT2D eigenvalue weighted by atomic mass is 32.2. The predicted molar refractivity (Wildman–Crippen MR) is 72.5 cm³/mol. The molecule has 1 aromatic carbocycles. The fourth-order valence-corrected chi connectivity index (χ4v) is 0.781. The van der Waals surface area contributed by atoms with Gasteiger partial charge in [-0.2, -0.15) is 0 Å². The van der Waals surface area contributed by atoms with E-state index >= 15 is 0 Å². The van der Waals surface area contributed by atoms with Crippen molar-refractivity contribution in [2.24, 2.45) is 0 Å². The standard InChI is InChI=1S/C9H10.C2H6O2S.C2H6/c1-2-6-9-7-4-3-5-8-9;1-5(2,3)4;1-2/h2-5,7-8H,1,6H2;1-2H3;1-2H3. The molecule has 0 atom stereocenters. The third-order valence-corrected chi connectivity index (χ3v) is 1.22. The monoisotopic (exact) mass is 242 g/mol. The summed E-state index contributed by atoms with van der Waals surface area (Å²) in [7, 11) is -2.67. The summed E-state index contributed by atoms with van der Waals surface area (Å²) >= 11 is 0. The molecule has 0 bridgehead atoms. The zero-order valence-electron chi connectivity index (χ0n) is 10.6. The van der Waals surface area contributed by atoms with Crippen molar-refractivity contribution in [3.63, 3.8) is 0 Å². The van der Waals surface area contributed by atoms with Crippen LogP contribution in [-0.4, -0.2) is 20.9 Å². The van der Waals surface area contributed by atoms with Crippen molar-refractivity contribution in [3.8, 4) is 0 Å². The number of hydrogen-bond acceptors (Lipinski definition) is 2. The van der Waals surface area contributed by atoms with E-state index in [-0.39, 0.29) is 0 Å². The quantitative estimate of drug-likeness (QED) is 0.747. The average Bonchev–Trinajstić information content (AvgIpc) is 2.20. The molecule has 3 heteroatoms. The average molecular weight is 242 g/mol. The molecule has 92 valence electrons. The third kappa shape index (κ3) is 18.6. The number of rotatable bonds is 2. The van der Waals surface area contributed by atoms with Gasteiger partial charge in [0.25, 0.3) is 0 Å². The maximum Gasteiger partial charge on any atom is 0.144 e. The van der Waals surface area contributed by atoms with Gasteiger partial charge in [0.2, 0.25) is 0 Å². The summed E-state index contributed by atoms with van der Waals surface area (Å²) in [5.41, 5.74) is 1.33. The van der Waals surface area contributed by atoms with Crippen molar-refractivity contribution in [1.29, 1.82) is 0 Å². The van der Waals surface area contributed by atoms with E-state index in [0.717, 1.165) is 18.9 Å². The molecule has 1 rings (SSSR count). The molecule has 16 heavy (non-hydrogen) atoms. The Morgan fingerprint density at radius 1 is 1.12 bits per heavy atom. The van der Waals surface area contributed by atoms with Gasteiger partial charge in [-0.15, -0.1) is 6.58 Å². The first kappa shape index (κ1) is 17.3. The van der Waals surface area contributed by atoms with Gasteiger partial charge in [-0.25, -0.2) is 8.42 Å². The summed E-state index contributed by atoms with van der Waals surface area (Å²) in [6.45, 7) is 7.66. The SMILES string of the molecule is C=CCc1ccccc1.CC.CS(C)(=O)=O. The minimum atomic E-state index is -2.67. The van der Waals surface area contributed by atoms with E-state index in [1.165, 1.54) is 5.56 Å². The predicted octanol–water partition coefficient (Wildman–Crippen LogP) is 3.10. The van der Waals surface area contributed by atoms with Crippen LogP contribution in [0.1, 0.15) is 19.4 Å². The summed E-state index contributed by atoms with van der Waals surface area (Å²) in [5.74, 6) is 0. The van der Waals surface area contributed by atoms with Crippen LogP contribution in [0.15, 0.2) is 43.0 Å². The summed E-state index contributed by atoms with van der Waals surface area (Å²) in [5, 5.41) is 0. The largest absolute Gasteiger partial charge is 0.229 e. The van der Waals surface area contributed by atoms with Crippen LogP contribution in [0.25, 0.3) is 0 Å². The van der Waals surface area contributed by atoms with E-state index in [1.807, 2.05) is 38.1 Å². The molecule has 0 fully saturated rings. The Kier molecular flexibility index (Phi) is 11.3. The van der Waals surface area contributed by atoms with Gasteiger partial charge in [-0.1, -0.05) is 50.3 Å². The van der Waals surface area contributed by atoms with Gasteiger partial charge in [0.15, 0.2) is 0 Å². The Morgan fingerprint density at radius 3 is 1.81 bits per heavy atom. The normalized spacial score (nSPS) is 9.00. The molecule has 0 saturated carbocycles. The van der Waals surface area contributed by atoms with Crippen molar-refractivity contribution in [1.82, 2.24) is 0 Å². The Labute approximate surface area is 99.9 Å². The van der Waals surface area contributed by atoms with Crippen molar-refractivity contribution < 1.29 is 8.42 Å². The van der Waals surface area contributed by atoms with Gasteiger partial charge in [0.1, 0.15) is 9.84 Å². The van der Waals surface area contributed by atoms with Crippen LogP contribution in [0, 0.1) is 0 Å². The molecule has 2 nitrogen and oxygen atoms in total. The maximum absolute atomic E-state index is 9.63. The zero-order chi connectivity index (χ0) is 13.0. The van der Waals surface area contributed by atoms with Gasteiger partial charge < -0.3 is 0 Å². The number of hydrogen-bond donors (Lipinski definition) is 0. The molecule has 0 aliphatic heterocycles. The van der Waals surface area contributed by atoms with Crippen LogP contribution in [0.3, 0.4) is 0 Å². The Morgan fingerprint density at radius 2 is 1.50 bits per heavy atom. The van der Waals surface area contributed by atoms with E-state index in [1.54, 1.807) is 0 Å². The molecule has 1 aromatic rings. The van der Waals surface area contributed by atoms with Crippen LogP contribution in [0.2, 0.25) is 0 Å². The van der Waals surface area contributed by atoms with Crippen molar-refractivity contribution in [2.75, 3.05) is 12.5 Å². The lowest BCUT2D eigenvalue weighted by Gasteiger charge is -1.91.